The summed E-state index contributed by atoms with van der Waals surface area (Å²) >= 11 is 1.58. The summed E-state index contributed by atoms with van der Waals surface area (Å²) in [7, 11) is 0. The number of nitrogen functional groups attached to an aromatic ring is 1. The fourth-order valence-corrected chi connectivity index (χ4v) is 2.94. The zero-order valence-electron chi connectivity index (χ0n) is 12.5. The molecule has 110 valence electrons. The highest BCUT2D eigenvalue weighted by Gasteiger charge is 2.15. The van der Waals surface area contributed by atoms with E-state index in [0.29, 0.717) is 5.69 Å². The lowest BCUT2D eigenvalue weighted by Crippen LogP contribution is -2.22. The van der Waals surface area contributed by atoms with Crippen LogP contribution in [0.4, 0.5) is 11.4 Å². The highest BCUT2D eigenvalue weighted by molar-refractivity contribution is 8.00. The molecular formula is C17H20N2OS. The number of nitrogens with two attached hydrogens (primary N) is 1. The number of rotatable bonds is 4. The van der Waals surface area contributed by atoms with Gasteiger partial charge in [-0.2, -0.15) is 0 Å². The fraction of sp³-hybridized carbons (Fsp3) is 0.235. The van der Waals surface area contributed by atoms with Crippen LogP contribution in [0.2, 0.25) is 0 Å². The molecule has 1 amide bonds. The van der Waals surface area contributed by atoms with Gasteiger partial charge in [-0.15, -0.1) is 11.8 Å². The lowest BCUT2D eigenvalue weighted by Gasteiger charge is -2.14. The van der Waals surface area contributed by atoms with Gasteiger partial charge in [-0.3, -0.25) is 4.79 Å². The average molecular weight is 300 g/mol. The van der Waals surface area contributed by atoms with E-state index < -0.39 is 0 Å². The summed E-state index contributed by atoms with van der Waals surface area (Å²) in [5.74, 6) is -0.00863. The first kappa shape index (κ1) is 15.4. The van der Waals surface area contributed by atoms with E-state index in [-0.39, 0.29) is 11.2 Å². The van der Waals surface area contributed by atoms with Crippen LogP contribution < -0.4 is 11.1 Å². The van der Waals surface area contributed by atoms with E-state index in [1.807, 2.05) is 19.1 Å². The number of amides is 1. The number of thioether (sulfide) groups is 1. The first-order chi connectivity index (χ1) is 9.95. The van der Waals surface area contributed by atoms with Crippen molar-refractivity contribution in [2.45, 2.75) is 30.9 Å². The zero-order valence-corrected chi connectivity index (χ0v) is 13.3. The molecule has 1 unspecified atom stereocenters. The van der Waals surface area contributed by atoms with Crippen molar-refractivity contribution in [1.82, 2.24) is 0 Å². The van der Waals surface area contributed by atoms with Crippen LogP contribution in [0.1, 0.15) is 18.1 Å². The number of anilines is 2. The van der Waals surface area contributed by atoms with E-state index >= 15 is 0 Å². The van der Waals surface area contributed by atoms with Gasteiger partial charge in [0.2, 0.25) is 5.91 Å². The Kier molecular flexibility index (Phi) is 4.91. The number of carbonyl (C=O) groups is 1. The second kappa shape index (κ2) is 6.68. The maximum absolute atomic E-state index is 12.2. The Labute approximate surface area is 129 Å². The lowest BCUT2D eigenvalue weighted by molar-refractivity contribution is -0.115. The van der Waals surface area contributed by atoms with E-state index in [2.05, 4.69) is 37.4 Å². The summed E-state index contributed by atoms with van der Waals surface area (Å²) in [4.78, 5) is 13.4. The van der Waals surface area contributed by atoms with Crippen LogP contribution in [-0.4, -0.2) is 11.2 Å². The van der Waals surface area contributed by atoms with Crippen LogP contribution in [0.15, 0.2) is 47.4 Å². The van der Waals surface area contributed by atoms with E-state index in [0.717, 1.165) is 10.6 Å². The molecule has 0 fully saturated rings. The van der Waals surface area contributed by atoms with Crippen molar-refractivity contribution in [2.75, 3.05) is 11.1 Å². The number of benzene rings is 2. The Bertz CT molecular complexity index is 638. The van der Waals surface area contributed by atoms with Gasteiger partial charge in [-0.05, 0) is 56.7 Å². The van der Waals surface area contributed by atoms with Gasteiger partial charge in [0.25, 0.3) is 0 Å². The number of carbonyl (C=O) groups excluding carboxylic acids is 1. The molecule has 0 aliphatic rings. The molecule has 0 aromatic heterocycles. The Morgan fingerprint density at radius 3 is 2.48 bits per heavy atom. The molecular weight excluding hydrogens is 280 g/mol. The van der Waals surface area contributed by atoms with Crippen molar-refractivity contribution >= 4 is 29.0 Å². The predicted octanol–water partition coefficient (Wildman–Crippen LogP) is 4.00. The van der Waals surface area contributed by atoms with E-state index in [9.17, 15) is 4.79 Å². The maximum Gasteiger partial charge on any atom is 0.237 e. The van der Waals surface area contributed by atoms with Crippen molar-refractivity contribution in [3.05, 3.63) is 53.6 Å². The Morgan fingerprint density at radius 2 is 1.81 bits per heavy atom. The van der Waals surface area contributed by atoms with Crippen molar-refractivity contribution in [1.29, 1.82) is 0 Å². The Balaban J connectivity index is 2.02. The topological polar surface area (TPSA) is 55.1 Å². The first-order valence-corrected chi connectivity index (χ1v) is 7.74. The standard InChI is InChI=1S/C17H20N2OS/c1-11-4-5-12(2)16(10-11)21-13(3)17(20)19-15-8-6-14(18)7-9-15/h4-10,13H,18H2,1-3H3,(H,19,20). The third-order valence-corrected chi connectivity index (χ3v) is 4.46. The molecule has 0 bridgehead atoms. The quantitative estimate of drug-likeness (QED) is 0.662. The Hall–Kier alpha value is -1.94. The van der Waals surface area contributed by atoms with Crippen LogP contribution in [0, 0.1) is 13.8 Å². The molecule has 0 radical (unpaired) electrons. The van der Waals surface area contributed by atoms with Gasteiger partial charge in [-0.25, -0.2) is 0 Å². The van der Waals surface area contributed by atoms with Gasteiger partial charge < -0.3 is 11.1 Å². The fourth-order valence-electron chi connectivity index (χ4n) is 1.89. The zero-order chi connectivity index (χ0) is 15.4. The number of hydrogen-bond donors (Lipinski definition) is 2. The average Bonchev–Trinajstić information content (AvgIpc) is 2.45. The van der Waals surface area contributed by atoms with Gasteiger partial charge in [0.1, 0.15) is 0 Å². The van der Waals surface area contributed by atoms with Crippen molar-refractivity contribution in [3.63, 3.8) is 0 Å². The van der Waals surface area contributed by atoms with Crippen LogP contribution in [0.25, 0.3) is 0 Å². The van der Waals surface area contributed by atoms with E-state index in [1.54, 1.807) is 23.9 Å². The number of nitrogens with one attached hydrogen (secondary N) is 1. The SMILES string of the molecule is Cc1ccc(C)c(SC(C)C(=O)Nc2ccc(N)cc2)c1. The molecule has 2 aromatic carbocycles. The molecule has 0 aliphatic heterocycles. The molecule has 0 aliphatic carbocycles. The summed E-state index contributed by atoms with van der Waals surface area (Å²) in [6.45, 7) is 6.04. The molecule has 2 aromatic rings. The summed E-state index contributed by atoms with van der Waals surface area (Å²) in [5, 5.41) is 2.74. The largest absolute Gasteiger partial charge is 0.399 e. The number of aryl methyl sites for hydroxylation is 2. The summed E-state index contributed by atoms with van der Waals surface area (Å²) in [6.07, 6.45) is 0. The van der Waals surface area contributed by atoms with Crippen molar-refractivity contribution < 1.29 is 4.79 Å². The van der Waals surface area contributed by atoms with Gasteiger partial charge in [-0.1, -0.05) is 17.7 Å². The van der Waals surface area contributed by atoms with Crippen LogP contribution >= 0.6 is 11.8 Å². The predicted molar refractivity (Wildman–Crippen MR) is 90.7 cm³/mol. The summed E-state index contributed by atoms with van der Waals surface area (Å²) in [5.41, 5.74) is 9.48. The van der Waals surface area contributed by atoms with Crippen LogP contribution in [0.3, 0.4) is 0 Å². The minimum absolute atomic E-state index is 0.00863. The van der Waals surface area contributed by atoms with Crippen LogP contribution in [0.5, 0.6) is 0 Å². The van der Waals surface area contributed by atoms with E-state index in [4.69, 9.17) is 5.73 Å². The molecule has 3 N–H and O–H groups in total. The lowest BCUT2D eigenvalue weighted by atomic mass is 10.2. The molecule has 4 heteroatoms. The second-order valence-corrected chi connectivity index (χ2v) is 6.52. The molecule has 3 nitrogen and oxygen atoms in total. The molecule has 21 heavy (non-hydrogen) atoms. The maximum atomic E-state index is 12.2. The highest BCUT2D eigenvalue weighted by Crippen LogP contribution is 2.28. The molecule has 2 rings (SSSR count). The van der Waals surface area contributed by atoms with E-state index in [1.165, 1.54) is 11.1 Å². The van der Waals surface area contributed by atoms with Gasteiger partial charge in [0.15, 0.2) is 0 Å². The Morgan fingerprint density at radius 1 is 1.14 bits per heavy atom. The molecule has 0 saturated carbocycles. The summed E-state index contributed by atoms with van der Waals surface area (Å²) < 4.78 is 0. The van der Waals surface area contributed by atoms with Crippen molar-refractivity contribution in [3.8, 4) is 0 Å². The third kappa shape index (κ3) is 4.26. The first-order valence-electron chi connectivity index (χ1n) is 6.86. The van der Waals surface area contributed by atoms with Gasteiger partial charge in [0, 0.05) is 16.3 Å². The highest BCUT2D eigenvalue weighted by atomic mass is 32.2. The number of hydrogen-bond acceptors (Lipinski definition) is 3. The van der Waals surface area contributed by atoms with Gasteiger partial charge >= 0.3 is 0 Å². The normalized spacial score (nSPS) is 12.0. The van der Waals surface area contributed by atoms with Crippen LogP contribution in [-0.2, 0) is 4.79 Å². The molecule has 0 saturated heterocycles. The third-order valence-electron chi connectivity index (χ3n) is 3.19. The summed E-state index contributed by atoms with van der Waals surface area (Å²) in [6, 6.07) is 13.5. The molecule has 1 atom stereocenters. The smallest absolute Gasteiger partial charge is 0.237 e. The second-order valence-electron chi connectivity index (χ2n) is 5.14. The molecule has 0 heterocycles. The molecule has 0 spiro atoms. The van der Waals surface area contributed by atoms with Crippen molar-refractivity contribution in [2.24, 2.45) is 0 Å². The minimum atomic E-state index is -0.164. The minimum Gasteiger partial charge on any atom is -0.399 e. The monoisotopic (exact) mass is 300 g/mol. The van der Waals surface area contributed by atoms with Gasteiger partial charge in [0.05, 0.1) is 5.25 Å².